The van der Waals surface area contributed by atoms with E-state index in [0.717, 1.165) is 35.4 Å². The molecular formula is C21H20N4O5S. The Balaban J connectivity index is 1.77. The summed E-state index contributed by atoms with van der Waals surface area (Å²) in [6, 6.07) is 11.9. The molecule has 4 rings (SSSR count). The van der Waals surface area contributed by atoms with Crippen LogP contribution in [0.1, 0.15) is 37.2 Å². The van der Waals surface area contributed by atoms with Crippen molar-refractivity contribution in [1.29, 1.82) is 0 Å². The molecule has 3 N–H and O–H groups in total. The first kappa shape index (κ1) is 20.9. The summed E-state index contributed by atoms with van der Waals surface area (Å²) in [7, 11) is 0. The zero-order valence-corrected chi connectivity index (χ0v) is 17.3. The van der Waals surface area contributed by atoms with Gasteiger partial charge in [-0.15, -0.1) is 10.2 Å². The second kappa shape index (κ2) is 8.76. The lowest BCUT2D eigenvalue weighted by Gasteiger charge is -2.15. The van der Waals surface area contributed by atoms with E-state index in [1.165, 1.54) is 5.56 Å². The lowest BCUT2D eigenvalue weighted by Crippen LogP contribution is -2.17. The van der Waals surface area contributed by atoms with Crippen molar-refractivity contribution in [3.63, 3.8) is 0 Å². The van der Waals surface area contributed by atoms with Crippen LogP contribution in [-0.2, 0) is 14.4 Å². The minimum absolute atomic E-state index is 0.118. The zero-order valence-electron chi connectivity index (χ0n) is 16.4. The molecule has 0 saturated heterocycles. The average Bonchev–Trinajstić information content (AvgIpc) is 3.51. The van der Waals surface area contributed by atoms with Gasteiger partial charge >= 0.3 is 11.9 Å². The summed E-state index contributed by atoms with van der Waals surface area (Å²) in [4.78, 5) is 34.1. The molecule has 10 heteroatoms. The molecule has 1 fully saturated rings. The van der Waals surface area contributed by atoms with Gasteiger partial charge in [-0.25, -0.2) is 0 Å². The highest BCUT2D eigenvalue weighted by molar-refractivity contribution is 7.99. The number of hydrogen-bond acceptors (Lipinski definition) is 6. The van der Waals surface area contributed by atoms with Crippen molar-refractivity contribution < 1.29 is 24.6 Å². The monoisotopic (exact) mass is 440 g/mol. The van der Waals surface area contributed by atoms with Crippen molar-refractivity contribution in [2.24, 2.45) is 0 Å². The predicted molar refractivity (Wildman–Crippen MR) is 115 cm³/mol. The SMILES string of the molecule is O=C(O)CCC(=O)Nc1nnc(SCC(=O)O)n1-c1ccc(C2CC2)c2ccccc12. The van der Waals surface area contributed by atoms with E-state index < -0.39 is 17.8 Å². The number of benzene rings is 2. The molecule has 0 bridgehead atoms. The maximum atomic E-state index is 12.2. The second-order valence-electron chi connectivity index (χ2n) is 7.26. The van der Waals surface area contributed by atoms with E-state index in [2.05, 4.69) is 21.6 Å². The molecule has 1 aliphatic carbocycles. The fourth-order valence-electron chi connectivity index (χ4n) is 3.45. The number of fused-ring (bicyclic) bond motifs is 1. The number of anilines is 1. The molecule has 1 aliphatic rings. The highest BCUT2D eigenvalue weighted by Crippen LogP contribution is 2.44. The topological polar surface area (TPSA) is 134 Å². The van der Waals surface area contributed by atoms with E-state index in [1.807, 2.05) is 30.3 Å². The van der Waals surface area contributed by atoms with Gasteiger partial charge in [0.1, 0.15) is 0 Å². The van der Waals surface area contributed by atoms with Crippen LogP contribution >= 0.6 is 11.8 Å². The summed E-state index contributed by atoms with van der Waals surface area (Å²) in [6.45, 7) is 0. The van der Waals surface area contributed by atoms with E-state index >= 15 is 0 Å². The number of hydrogen-bond donors (Lipinski definition) is 3. The van der Waals surface area contributed by atoms with Crippen LogP contribution < -0.4 is 5.32 Å². The molecule has 0 aliphatic heterocycles. The van der Waals surface area contributed by atoms with Crippen LogP contribution in [-0.4, -0.2) is 48.6 Å². The van der Waals surface area contributed by atoms with Gasteiger partial charge in [-0.1, -0.05) is 42.1 Å². The van der Waals surface area contributed by atoms with Gasteiger partial charge in [-0.05, 0) is 35.8 Å². The van der Waals surface area contributed by atoms with Gasteiger partial charge in [0, 0.05) is 11.8 Å². The average molecular weight is 440 g/mol. The summed E-state index contributed by atoms with van der Waals surface area (Å²) in [5.74, 6) is -2.15. The lowest BCUT2D eigenvalue weighted by atomic mass is 9.99. The van der Waals surface area contributed by atoms with E-state index in [0.29, 0.717) is 16.8 Å². The van der Waals surface area contributed by atoms with Crippen LogP contribution in [0.25, 0.3) is 16.5 Å². The summed E-state index contributed by atoms with van der Waals surface area (Å²) in [5, 5.41) is 31.0. The summed E-state index contributed by atoms with van der Waals surface area (Å²) < 4.78 is 1.62. The molecule has 0 radical (unpaired) electrons. The zero-order chi connectivity index (χ0) is 22.0. The van der Waals surface area contributed by atoms with Crippen LogP contribution in [0.15, 0.2) is 41.6 Å². The van der Waals surface area contributed by atoms with Gasteiger partial charge in [-0.2, -0.15) is 0 Å². The number of carbonyl (C=O) groups excluding carboxylic acids is 1. The fourth-order valence-corrected chi connectivity index (χ4v) is 4.11. The Hall–Kier alpha value is -3.40. The molecule has 3 aromatic rings. The molecule has 1 heterocycles. The second-order valence-corrected chi connectivity index (χ2v) is 8.20. The first-order valence-electron chi connectivity index (χ1n) is 9.77. The number of rotatable bonds is 9. The Kier molecular flexibility index (Phi) is 5.90. The van der Waals surface area contributed by atoms with Crippen molar-refractivity contribution in [2.75, 3.05) is 11.1 Å². The van der Waals surface area contributed by atoms with Crippen molar-refractivity contribution in [3.05, 3.63) is 42.0 Å². The highest BCUT2D eigenvalue weighted by atomic mass is 32.2. The minimum atomic E-state index is -1.07. The Morgan fingerprint density at radius 3 is 2.42 bits per heavy atom. The summed E-state index contributed by atoms with van der Waals surface area (Å²) >= 11 is 0.992. The molecule has 1 aromatic heterocycles. The minimum Gasteiger partial charge on any atom is -0.481 e. The third kappa shape index (κ3) is 4.69. The van der Waals surface area contributed by atoms with Gasteiger partial charge in [0.25, 0.3) is 0 Å². The number of amides is 1. The summed E-state index contributed by atoms with van der Waals surface area (Å²) in [5.41, 5.74) is 1.98. The van der Waals surface area contributed by atoms with Crippen LogP contribution in [0.4, 0.5) is 5.95 Å². The van der Waals surface area contributed by atoms with Gasteiger partial charge in [0.05, 0.1) is 17.9 Å². The molecule has 2 aromatic carbocycles. The molecule has 0 atom stereocenters. The molecule has 31 heavy (non-hydrogen) atoms. The maximum Gasteiger partial charge on any atom is 0.313 e. The Morgan fingerprint density at radius 2 is 1.74 bits per heavy atom. The Morgan fingerprint density at radius 1 is 1.00 bits per heavy atom. The molecule has 0 unspecified atom stereocenters. The van der Waals surface area contributed by atoms with Gasteiger partial charge < -0.3 is 10.2 Å². The van der Waals surface area contributed by atoms with Gasteiger partial charge in [0.15, 0.2) is 5.16 Å². The van der Waals surface area contributed by atoms with Crippen molar-refractivity contribution >= 4 is 46.3 Å². The smallest absolute Gasteiger partial charge is 0.313 e. The number of carboxylic acids is 2. The van der Waals surface area contributed by atoms with Crippen LogP contribution in [0.2, 0.25) is 0 Å². The third-order valence-electron chi connectivity index (χ3n) is 4.97. The van der Waals surface area contributed by atoms with E-state index in [4.69, 9.17) is 10.2 Å². The van der Waals surface area contributed by atoms with E-state index in [1.54, 1.807) is 4.57 Å². The number of aliphatic carboxylic acids is 2. The molecule has 1 saturated carbocycles. The number of nitrogens with one attached hydrogen (secondary N) is 1. The first-order chi connectivity index (χ1) is 14.9. The highest BCUT2D eigenvalue weighted by Gasteiger charge is 2.27. The molecule has 9 nitrogen and oxygen atoms in total. The van der Waals surface area contributed by atoms with Crippen molar-refractivity contribution in [3.8, 4) is 5.69 Å². The first-order valence-corrected chi connectivity index (χ1v) is 10.8. The van der Waals surface area contributed by atoms with Crippen molar-refractivity contribution in [2.45, 2.75) is 36.8 Å². The number of carboxylic acid groups (broad SMARTS) is 2. The van der Waals surface area contributed by atoms with Gasteiger partial charge in [0.2, 0.25) is 11.9 Å². The van der Waals surface area contributed by atoms with Crippen LogP contribution in [0, 0.1) is 0 Å². The molecule has 1 amide bonds. The van der Waals surface area contributed by atoms with E-state index in [-0.39, 0.29) is 24.5 Å². The number of thioether (sulfide) groups is 1. The number of aromatic nitrogens is 3. The maximum absolute atomic E-state index is 12.2. The lowest BCUT2D eigenvalue weighted by molar-refractivity contribution is -0.138. The normalized spacial score (nSPS) is 13.3. The van der Waals surface area contributed by atoms with Crippen molar-refractivity contribution in [1.82, 2.24) is 14.8 Å². The van der Waals surface area contributed by atoms with Crippen LogP contribution in [0.5, 0.6) is 0 Å². The quantitative estimate of drug-likeness (QED) is 0.432. The van der Waals surface area contributed by atoms with E-state index in [9.17, 15) is 14.4 Å². The summed E-state index contributed by atoms with van der Waals surface area (Å²) in [6.07, 6.45) is 1.79. The number of carbonyl (C=O) groups is 3. The Labute approximate surface area is 181 Å². The largest absolute Gasteiger partial charge is 0.481 e. The molecule has 160 valence electrons. The Bertz CT molecular complexity index is 1170. The van der Waals surface area contributed by atoms with Crippen LogP contribution in [0.3, 0.4) is 0 Å². The standard InChI is InChI=1S/C21H20N4O5S/c26-17(9-10-18(27)28)22-20-23-24-21(31-11-19(29)30)25(20)16-8-7-13(12-5-6-12)14-3-1-2-4-15(14)16/h1-4,7-8,12H,5-6,9-11H2,(H,27,28)(H,29,30)(H,22,23,26). The third-order valence-corrected chi connectivity index (χ3v) is 5.88. The van der Waals surface area contributed by atoms with Gasteiger partial charge in [-0.3, -0.25) is 24.3 Å². The fraction of sp³-hybridized carbons (Fsp3) is 0.286. The number of nitrogens with zero attached hydrogens (tertiary/aromatic N) is 3. The predicted octanol–water partition coefficient (Wildman–Crippen LogP) is 3.28. The molecule has 0 spiro atoms. The molecular weight excluding hydrogens is 420 g/mol.